The minimum atomic E-state index is -4.38. The second kappa shape index (κ2) is 17.2. The number of aliphatic hydroxyl groups is 2. The summed E-state index contributed by atoms with van der Waals surface area (Å²) < 4.78 is 38.0. The number of anilines is 2. The van der Waals surface area contributed by atoms with Gasteiger partial charge in [-0.1, -0.05) is 39.3 Å². The van der Waals surface area contributed by atoms with Crippen molar-refractivity contribution in [3.63, 3.8) is 0 Å². The van der Waals surface area contributed by atoms with Crippen molar-refractivity contribution in [3.05, 3.63) is 34.5 Å². The molecule has 1 fully saturated rings. The standard InChI is InChI=1S/C22H26F3N5OS.C5H12O2.C2H6/c1-4-5-13(2)8-17-10-26-20(32-17)18-14(3)28-21(27-12-22(23,24)25)30-19(18)29-16-7-6-15(9-16)11-31;1-3-4-5(2,6)7;1-2/h4-5,8,10-11,15-16H,6-7,9,12H2,1-3H3,(H2,27,28,29,30);6-7H,3-4H2,1-2H3;1-2H3/b5-4-,13-8-;;. The average molecular weight is 600 g/mol. The third-order valence-electron chi connectivity index (χ3n) is 5.80. The molecule has 1 aliphatic rings. The molecule has 8 nitrogen and oxygen atoms in total. The molecule has 0 aromatic carbocycles. The lowest BCUT2D eigenvalue weighted by Gasteiger charge is -2.18. The van der Waals surface area contributed by atoms with Crippen LogP contribution in [0.2, 0.25) is 0 Å². The molecule has 12 heteroatoms. The summed E-state index contributed by atoms with van der Waals surface area (Å²) in [6.45, 7) is 11.7. The van der Waals surface area contributed by atoms with E-state index in [1.54, 1.807) is 13.1 Å². The van der Waals surface area contributed by atoms with E-state index in [2.05, 4.69) is 25.6 Å². The van der Waals surface area contributed by atoms with Crippen molar-refractivity contribution in [1.29, 1.82) is 0 Å². The number of hydrogen-bond donors (Lipinski definition) is 4. The molecule has 230 valence electrons. The number of allylic oxidation sites excluding steroid dienone is 3. The molecule has 2 unspecified atom stereocenters. The highest BCUT2D eigenvalue weighted by Gasteiger charge is 2.29. The van der Waals surface area contributed by atoms with Crippen LogP contribution in [0.4, 0.5) is 24.9 Å². The Kier molecular flexibility index (Phi) is 15.2. The minimum Gasteiger partial charge on any atom is -0.367 e. The normalized spacial score (nSPS) is 17.4. The predicted octanol–water partition coefficient (Wildman–Crippen LogP) is 7.16. The van der Waals surface area contributed by atoms with Crippen LogP contribution in [0.3, 0.4) is 0 Å². The summed E-state index contributed by atoms with van der Waals surface area (Å²) in [5.41, 5.74) is 2.25. The molecular formula is C29H44F3N5O3S. The Hall–Kier alpha value is -2.83. The Bertz CT molecular complexity index is 1140. The van der Waals surface area contributed by atoms with Crippen LogP contribution in [0.25, 0.3) is 16.6 Å². The predicted molar refractivity (Wildman–Crippen MR) is 161 cm³/mol. The van der Waals surface area contributed by atoms with Gasteiger partial charge in [-0.2, -0.15) is 18.2 Å². The number of carbonyl (C=O) groups excluding carboxylic acids is 1. The monoisotopic (exact) mass is 599 g/mol. The number of aldehydes is 1. The zero-order valence-electron chi connectivity index (χ0n) is 25.0. The Labute approximate surface area is 245 Å². The van der Waals surface area contributed by atoms with Crippen molar-refractivity contribution in [2.45, 2.75) is 98.6 Å². The van der Waals surface area contributed by atoms with Gasteiger partial charge in [-0.3, -0.25) is 0 Å². The summed E-state index contributed by atoms with van der Waals surface area (Å²) in [5, 5.41) is 23.4. The first-order chi connectivity index (χ1) is 19.2. The van der Waals surface area contributed by atoms with Gasteiger partial charge in [-0.05, 0) is 58.6 Å². The molecule has 0 saturated heterocycles. The number of nitrogens with zero attached hydrogens (tertiary/aromatic N) is 3. The number of hydrogen-bond acceptors (Lipinski definition) is 9. The molecule has 2 heterocycles. The van der Waals surface area contributed by atoms with Gasteiger partial charge in [0, 0.05) is 29.5 Å². The summed E-state index contributed by atoms with van der Waals surface area (Å²) in [5.74, 6) is -1.15. The van der Waals surface area contributed by atoms with Crippen LogP contribution in [0, 0.1) is 12.8 Å². The minimum absolute atomic E-state index is 0.00461. The number of carbonyl (C=O) groups is 1. The second-order valence-corrected chi connectivity index (χ2v) is 10.9. The summed E-state index contributed by atoms with van der Waals surface area (Å²) >= 11 is 1.46. The fourth-order valence-electron chi connectivity index (χ4n) is 4.13. The van der Waals surface area contributed by atoms with Crippen molar-refractivity contribution in [2.75, 3.05) is 17.2 Å². The molecular weight excluding hydrogens is 555 g/mol. The van der Waals surface area contributed by atoms with E-state index in [1.165, 1.54) is 18.3 Å². The molecule has 0 spiro atoms. The molecule has 0 aliphatic heterocycles. The Morgan fingerprint density at radius 2 is 1.90 bits per heavy atom. The van der Waals surface area contributed by atoms with Gasteiger partial charge in [0.15, 0.2) is 5.79 Å². The van der Waals surface area contributed by atoms with Crippen molar-refractivity contribution < 1.29 is 28.2 Å². The summed E-state index contributed by atoms with van der Waals surface area (Å²) in [7, 11) is 0. The molecule has 1 aliphatic carbocycles. The number of thiazole rings is 1. The van der Waals surface area contributed by atoms with Gasteiger partial charge >= 0.3 is 6.18 Å². The molecule has 2 aromatic heterocycles. The zero-order valence-corrected chi connectivity index (χ0v) is 25.8. The van der Waals surface area contributed by atoms with Crippen molar-refractivity contribution >= 4 is 35.5 Å². The van der Waals surface area contributed by atoms with Gasteiger partial charge in [-0.15, -0.1) is 11.3 Å². The first kappa shape index (κ1) is 36.2. The Morgan fingerprint density at radius 1 is 1.22 bits per heavy atom. The van der Waals surface area contributed by atoms with Crippen LogP contribution < -0.4 is 10.6 Å². The van der Waals surface area contributed by atoms with Gasteiger partial charge in [0.25, 0.3) is 0 Å². The Balaban J connectivity index is 0.000000816. The highest BCUT2D eigenvalue weighted by atomic mass is 32.1. The lowest BCUT2D eigenvalue weighted by Crippen LogP contribution is -2.23. The molecule has 4 N–H and O–H groups in total. The number of rotatable bonds is 10. The van der Waals surface area contributed by atoms with Crippen molar-refractivity contribution in [3.8, 4) is 10.6 Å². The molecule has 2 aromatic rings. The van der Waals surface area contributed by atoms with Crippen LogP contribution >= 0.6 is 11.3 Å². The van der Waals surface area contributed by atoms with E-state index < -0.39 is 18.5 Å². The van der Waals surface area contributed by atoms with Crippen LogP contribution in [-0.2, 0) is 4.79 Å². The maximum atomic E-state index is 12.7. The van der Waals surface area contributed by atoms with Gasteiger partial charge in [-0.25, -0.2) is 9.97 Å². The number of nitrogens with one attached hydrogen (secondary N) is 2. The highest BCUT2D eigenvalue weighted by molar-refractivity contribution is 7.15. The molecule has 0 radical (unpaired) electrons. The van der Waals surface area contributed by atoms with E-state index in [1.807, 2.05) is 52.8 Å². The second-order valence-electron chi connectivity index (χ2n) is 9.80. The third-order valence-corrected chi connectivity index (χ3v) is 6.77. The zero-order chi connectivity index (χ0) is 31.2. The van der Waals surface area contributed by atoms with Gasteiger partial charge in [0.05, 0.1) is 11.3 Å². The maximum Gasteiger partial charge on any atom is 0.405 e. The van der Waals surface area contributed by atoms with E-state index >= 15 is 0 Å². The van der Waals surface area contributed by atoms with Crippen LogP contribution in [0.15, 0.2) is 23.9 Å². The van der Waals surface area contributed by atoms with Crippen LogP contribution in [0.5, 0.6) is 0 Å². The average Bonchev–Trinajstić information content (AvgIpc) is 3.52. The Morgan fingerprint density at radius 3 is 2.41 bits per heavy atom. The topological polar surface area (TPSA) is 120 Å². The van der Waals surface area contributed by atoms with Crippen molar-refractivity contribution in [1.82, 2.24) is 15.0 Å². The third kappa shape index (κ3) is 13.6. The SMILES string of the molecule is C/C=C\C(C)=C/c1cnc(-c2c(C)nc(NCC(F)(F)F)nc2NC2CCC(C=O)C2)s1.CC.CCCC(C)(O)O. The number of halogens is 3. The highest BCUT2D eigenvalue weighted by Crippen LogP contribution is 2.36. The lowest BCUT2D eigenvalue weighted by atomic mass is 10.1. The fraction of sp³-hybridized carbons (Fsp3) is 0.586. The van der Waals surface area contributed by atoms with E-state index in [4.69, 9.17) is 10.2 Å². The molecule has 0 amide bonds. The number of aromatic nitrogens is 3. The van der Waals surface area contributed by atoms with Crippen LogP contribution in [0.1, 0.15) is 84.2 Å². The molecule has 41 heavy (non-hydrogen) atoms. The molecule has 2 atom stereocenters. The molecule has 0 bridgehead atoms. The van der Waals surface area contributed by atoms with Gasteiger partial charge < -0.3 is 25.6 Å². The van der Waals surface area contributed by atoms with E-state index in [9.17, 15) is 18.0 Å². The molecule has 1 saturated carbocycles. The summed E-state index contributed by atoms with van der Waals surface area (Å²) in [6.07, 6.45) is 7.76. The largest absolute Gasteiger partial charge is 0.405 e. The van der Waals surface area contributed by atoms with Crippen molar-refractivity contribution in [2.24, 2.45) is 5.92 Å². The van der Waals surface area contributed by atoms with Gasteiger partial charge in [0.2, 0.25) is 5.95 Å². The maximum absolute atomic E-state index is 12.7. The summed E-state index contributed by atoms with van der Waals surface area (Å²) in [4.78, 5) is 25.2. The van der Waals surface area contributed by atoms with E-state index in [0.29, 0.717) is 34.9 Å². The quantitative estimate of drug-likeness (QED) is 0.129. The smallest absolute Gasteiger partial charge is 0.367 e. The van der Waals surface area contributed by atoms with E-state index in [0.717, 1.165) is 36.0 Å². The fourth-order valence-corrected chi connectivity index (χ4v) is 5.16. The number of alkyl halides is 3. The van der Waals surface area contributed by atoms with E-state index in [-0.39, 0.29) is 17.9 Å². The van der Waals surface area contributed by atoms with Gasteiger partial charge in [0.1, 0.15) is 23.7 Å². The lowest BCUT2D eigenvalue weighted by molar-refractivity contribution is -0.149. The first-order valence-electron chi connectivity index (χ1n) is 13.9. The number of aryl methyl sites for hydroxylation is 1. The summed E-state index contributed by atoms with van der Waals surface area (Å²) in [6, 6.07) is 0.00461. The van der Waals surface area contributed by atoms with Crippen LogP contribution in [-0.4, -0.2) is 56.0 Å². The first-order valence-corrected chi connectivity index (χ1v) is 14.7. The molecule has 3 rings (SSSR count).